The molecule has 0 aliphatic carbocycles. The van der Waals surface area contributed by atoms with E-state index in [2.05, 4.69) is 30.9 Å². The second kappa shape index (κ2) is 5.77. The van der Waals surface area contributed by atoms with E-state index in [4.69, 9.17) is 0 Å². The number of carbonyl (C=O) groups is 1. The lowest BCUT2D eigenvalue weighted by atomic mass is 9.89. The Labute approximate surface area is 97.1 Å². The van der Waals surface area contributed by atoms with Gasteiger partial charge >= 0.3 is 0 Å². The lowest BCUT2D eigenvalue weighted by molar-refractivity contribution is -0.122. The van der Waals surface area contributed by atoms with Gasteiger partial charge in [0.15, 0.2) is 0 Å². The summed E-state index contributed by atoms with van der Waals surface area (Å²) in [6.07, 6.45) is 3.30. The van der Waals surface area contributed by atoms with Crippen molar-refractivity contribution in [2.75, 3.05) is 0 Å². The summed E-state index contributed by atoms with van der Waals surface area (Å²) in [5.41, 5.74) is 0. The molecule has 0 bridgehead atoms. The minimum Gasteiger partial charge on any atom is -0.300 e. The Morgan fingerprint density at radius 1 is 1.50 bits per heavy atom. The summed E-state index contributed by atoms with van der Waals surface area (Å²) in [6.45, 7) is 8.79. The first-order valence-electron chi connectivity index (χ1n) is 5.93. The van der Waals surface area contributed by atoms with Crippen LogP contribution in [0.4, 0.5) is 0 Å². The molecule has 1 rings (SSSR count). The Morgan fingerprint density at radius 3 is 2.69 bits per heavy atom. The van der Waals surface area contributed by atoms with Gasteiger partial charge in [-0.2, -0.15) is 5.10 Å². The summed E-state index contributed by atoms with van der Waals surface area (Å²) in [7, 11) is 0. The van der Waals surface area contributed by atoms with E-state index in [1.807, 2.05) is 4.68 Å². The zero-order valence-electron chi connectivity index (χ0n) is 10.6. The van der Waals surface area contributed by atoms with Crippen molar-refractivity contribution in [3.63, 3.8) is 0 Å². The van der Waals surface area contributed by atoms with Gasteiger partial charge < -0.3 is 0 Å². The topological polar surface area (TPSA) is 47.8 Å². The van der Waals surface area contributed by atoms with Gasteiger partial charge in [-0.05, 0) is 19.3 Å². The first-order chi connectivity index (χ1) is 7.56. The molecule has 1 unspecified atom stereocenters. The van der Waals surface area contributed by atoms with Gasteiger partial charge in [-0.3, -0.25) is 9.48 Å². The van der Waals surface area contributed by atoms with Crippen LogP contribution >= 0.6 is 0 Å². The highest BCUT2D eigenvalue weighted by Gasteiger charge is 2.21. The minimum atomic E-state index is 0.0554. The SMILES string of the molecule is CCCn1ncnc1CC(C(C)=O)C(C)C. The summed E-state index contributed by atoms with van der Waals surface area (Å²) >= 11 is 0. The lowest BCUT2D eigenvalue weighted by Crippen LogP contribution is -2.22. The summed E-state index contributed by atoms with van der Waals surface area (Å²) < 4.78 is 1.90. The number of hydrogen-bond acceptors (Lipinski definition) is 3. The molecule has 0 saturated heterocycles. The molecule has 0 aliphatic heterocycles. The molecule has 90 valence electrons. The maximum absolute atomic E-state index is 11.5. The monoisotopic (exact) mass is 223 g/mol. The molecular weight excluding hydrogens is 202 g/mol. The first kappa shape index (κ1) is 12.9. The van der Waals surface area contributed by atoms with Crippen molar-refractivity contribution in [1.29, 1.82) is 0 Å². The van der Waals surface area contributed by atoms with Crippen molar-refractivity contribution in [3.8, 4) is 0 Å². The number of nitrogens with zero attached hydrogens (tertiary/aromatic N) is 3. The van der Waals surface area contributed by atoms with E-state index < -0.39 is 0 Å². The third kappa shape index (κ3) is 3.15. The highest BCUT2D eigenvalue weighted by molar-refractivity contribution is 5.78. The molecule has 0 fully saturated rings. The van der Waals surface area contributed by atoms with Gasteiger partial charge in [-0.15, -0.1) is 0 Å². The number of aromatic nitrogens is 3. The van der Waals surface area contributed by atoms with E-state index in [-0.39, 0.29) is 11.7 Å². The Morgan fingerprint density at radius 2 is 2.19 bits per heavy atom. The van der Waals surface area contributed by atoms with E-state index in [9.17, 15) is 4.79 Å². The van der Waals surface area contributed by atoms with Crippen molar-refractivity contribution >= 4 is 5.78 Å². The average Bonchev–Trinajstić information content (AvgIpc) is 2.61. The molecule has 0 spiro atoms. The van der Waals surface area contributed by atoms with Crippen LogP contribution in [-0.4, -0.2) is 20.5 Å². The van der Waals surface area contributed by atoms with Crippen molar-refractivity contribution in [3.05, 3.63) is 12.2 Å². The van der Waals surface area contributed by atoms with E-state index in [0.29, 0.717) is 12.3 Å². The summed E-state index contributed by atoms with van der Waals surface area (Å²) in [5.74, 6) is 1.57. The van der Waals surface area contributed by atoms with Crippen LogP contribution in [0.5, 0.6) is 0 Å². The highest BCUT2D eigenvalue weighted by atomic mass is 16.1. The Hall–Kier alpha value is -1.19. The normalized spacial score (nSPS) is 13.1. The van der Waals surface area contributed by atoms with Gasteiger partial charge in [0.2, 0.25) is 0 Å². The Balaban J connectivity index is 2.77. The largest absolute Gasteiger partial charge is 0.300 e. The predicted molar refractivity (Wildman–Crippen MR) is 63.0 cm³/mol. The molecule has 0 aromatic carbocycles. The second-order valence-corrected chi connectivity index (χ2v) is 4.56. The third-order valence-electron chi connectivity index (χ3n) is 2.86. The molecule has 1 atom stereocenters. The van der Waals surface area contributed by atoms with Crippen molar-refractivity contribution in [2.24, 2.45) is 11.8 Å². The van der Waals surface area contributed by atoms with Crippen molar-refractivity contribution < 1.29 is 4.79 Å². The molecule has 1 heterocycles. The molecule has 4 heteroatoms. The lowest BCUT2D eigenvalue weighted by Gasteiger charge is -2.17. The summed E-state index contributed by atoms with van der Waals surface area (Å²) in [5, 5.41) is 4.17. The fourth-order valence-corrected chi connectivity index (χ4v) is 1.89. The van der Waals surface area contributed by atoms with Crippen LogP contribution in [0.25, 0.3) is 0 Å². The van der Waals surface area contributed by atoms with E-state index in [1.165, 1.54) is 0 Å². The van der Waals surface area contributed by atoms with Gasteiger partial charge in [-0.1, -0.05) is 20.8 Å². The number of Topliss-reactive ketones (excluding diaryl/α,β-unsaturated/α-hetero) is 1. The average molecular weight is 223 g/mol. The van der Waals surface area contributed by atoms with Crippen molar-refractivity contribution in [2.45, 2.75) is 47.1 Å². The highest BCUT2D eigenvalue weighted by Crippen LogP contribution is 2.17. The quantitative estimate of drug-likeness (QED) is 0.742. The van der Waals surface area contributed by atoms with Gasteiger partial charge in [0.25, 0.3) is 0 Å². The van der Waals surface area contributed by atoms with Gasteiger partial charge in [0.1, 0.15) is 17.9 Å². The number of hydrogen-bond donors (Lipinski definition) is 0. The van der Waals surface area contributed by atoms with E-state index in [0.717, 1.165) is 18.8 Å². The molecule has 1 aromatic heterocycles. The standard InChI is InChI=1S/C12H21N3O/c1-5-6-15-12(13-8-14-15)7-11(9(2)3)10(4)16/h8-9,11H,5-7H2,1-4H3. The van der Waals surface area contributed by atoms with Crippen LogP contribution in [0, 0.1) is 11.8 Å². The molecule has 1 aromatic rings. The maximum atomic E-state index is 11.5. The molecule has 0 radical (unpaired) electrons. The first-order valence-corrected chi connectivity index (χ1v) is 5.93. The predicted octanol–water partition coefficient (Wildman–Crippen LogP) is 2.09. The van der Waals surface area contributed by atoms with E-state index >= 15 is 0 Å². The molecule has 0 amide bonds. The number of aryl methyl sites for hydroxylation is 1. The molecule has 0 N–H and O–H groups in total. The van der Waals surface area contributed by atoms with Crippen LogP contribution < -0.4 is 0 Å². The fraction of sp³-hybridized carbons (Fsp3) is 0.750. The van der Waals surface area contributed by atoms with Crippen LogP contribution in [0.3, 0.4) is 0 Å². The summed E-state index contributed by atoms with van der Waals surface area (Å²) in [6, 6.07) is 0. The molecule has 4 nitrogen and oxygen atoms in total. The van der Waals surface area contributed by atoms with Crippen LogP contribution in [0.1, 0.15) is 39.9 Å². The van der Waals surface area contributed by atoms with Crippen molar-refractivity contribution in [1.82, 2.24) is 14.8 Å². The fourth-order valence-electron chi connectivity index (χ4n) is 1.89. The zero-order valence-corrected chi connectivity index (χ0v) is 10.6. The minimum absolute atomic E-state index is 0.0554. The number of rotatable bonds is 6. The van der Waals surface area contributed by atoms with Gasteiger partial charge in [0, 0.05) is 18.9 Å². The number of ketones is 1. The van der Waals surface area contributed by atoms with Crippen LogP contribution in [0.2, 0.25) is 0 Å². The smallest absolute Gasteiger partial charge is 0.138 e. The third-order valence-corrected chi connectivity index (χ3v) is 2.86. The zero-order chi connectivity index (χ0) is 12.1. The van der Waals surface area contributed by atoms with Crippen LogP contribution in [0.15, 0.2) is 6.33 Å². The molecule has 0 saturated carbocycles. The number of carbonyl (C=O) groups excluding carboxylic acids is 1. The Kier molecular flexibility index (Phi) is 4.65. The van der Waals surface area contributed by atoms with E-state index in [1.54, 1.807) is 13.3 Å². The molecule has 0 aliphatic rings. The second-order valence-electron chi connectivity index (χ2n) is 4.56. The van der Waals surface area contributed by atoms with Gasteiger partial charge in [-0.25, -0.2) is 4.98 Å². The Bertz CT molecular complexity index is 344. The van der Waals surface area contributed by atoms with Crippen LogP contribution in [-0.2, 0) is 17.8 Å². The van der Waals surface area contributed by atoms with Gasteiger partial charge in [0.05, 0.1) is 0 Å². The summed E-state index contributed by atoms with van der Waals surface area (Å²) in [4.78, 5) is 15.8. The molecular formula is C12H21N3O. The molecule has 16 heavy (non-hydrogen) atoms. The maximum Gasteiger partial charge on any atom is 0.138 e.